The molecule has 118 valence electrons. The van der Waals surface area contributed by atoms with Crippen LogP contribution in [0.1, 0.15) is 5.56 Å². The molecule has 2 N–H and O–H groups in total. The average molecular weight is 370 g/mol. The molecule has 1 fully saturated rings. The molecule has 1 aliphatic heterocycles. The van der Waals surface area contributed by atoms with Gasteiger partial charge in [-0.3, -0.25) is 0 Å². The van der Waals surface area contributed by atoms with Crippen LogP contribution in [0.2, 0.25) is 0 Å². The lowest BCUT2D eigenvalue weighted by Gasteiger charge is -2.29. The second kappa shape index (κ2) is 6.80. The highest BCUT2D eigenvalue weighted by molar-refractivity contribution is 9.10. The maximum atomic E-state index is 13.1. The SMILES string of the molecule is OCCNc1nc(N2CCOCC2)cc(C(F)(F)F)c1Br. The Labute approximate surface area is 128 Å². The molecule has 0 spiro atoms. The van der Waals surface area contributed by atoms with Gasteiger partial charge in [-0.25, -0.2) is 4.98 Å². The molecule has 1 aliphatic rings. The molecule has 0 atom stereocenters. The Kier molecular flexibility index (Phi) is 5.28. The van der Waals surface area contributed by atoms with E-state index in [0.29, 0.717) is 26.3 Å². The number of rotatable bonds is 4. The normalized spacial score (nSPS) is 16.1. The first-order valence-corrected chi connectivity index (χ1v) is 7.18. The van der Waals surface area contributed by atoms with Crippen molar-refractivity contribution in [1.29, 1.82) is 0 Å². The first kappa shape index (κ1) is 16.3. The summed E-state index contributed by atoms with van der Waals surface area (Å²) in [7, 11) is 0. The maximum Gasteiger partial charge on any atom is 0.417 e. The third-order valence-corrected chi connectivity index (χ3v) is 3.79. The Bertz CT molecular complexity index is 493. The second-order valence-electron chi connectivity index (χ2n) is 4.44. The molecule has 1 saturated heterocycles. The Morgan fingerprint density at radius 1 is 1.38 bits per heavy atom. The van der Waals surface area contributed by atoms with Crippen molar-refractivity contribution in [3.63, 3.8) is 0 Å². The Morgan fingerprint density at radius 3 is 2.62 bits per heavy atom. The van der Waals surface area contributed by atoms with Crippen molar-refractivity contribution >= 4 is 27.6 Å². The number of anilines is 2. The molecule has 0 aliphatic carbocycles. The molecule has 2 rings (SSSR count). The zero-order valence-corrected chi connectivity index (χ0v) is 12.7. The summed E-state index contributed by atoms with van der Waals surface area (Å²) in [6.45, 7) is 1.82. The topological polar surface area (TPSA) is 57.6 Å². The van der Waals surface area contributed by atoms with Gasteiger partial charge in [0.1, 0.15) is 11.6 Å². The summed E-state index contributed by atoms with van der Waals surface area (Å²) in [5.41, 5.74) is -0.792. The van der Waals surface area contributed by atoms with Crippen LogP contribution in [-0.2, 0) is 10.9 Å². The zero-order chi connectivity index (χ0) is 15.5. The minimum atomic E-state index is -4.49. The Balaban J connectivity index is 2.39. The van der Waals surface area contributed by atoms with E-state index in [1.54, 1.807) is 4.90 Å². The van der Waals surface area contributed by atoms with E-state index in [4.69, 9.17) is 9.84 Å². The van der Waals surface area contributed by atoms with E-state index in [1.165, 1.54) is 0 Å². The van der Waals surface area contributed by atoms with Crippen LogP contribution in [0, 0.1) is 0 Å². The van der Waals surface area contributed by atoms with Gasteiger partial charge in [-0.2, -0.15) is 13.2 Å². The van der Waals surface area contributed by atoms with Gasteiger partial charge >= 0.3 is 6.18 Å². The van der Waals surface area contributed by atoms with Crippen molar-refractivity contribution in [3.8, 4) is 0 Å². The van der Waals surface area contributed by atoms with Gasteiger partial charge in [0, 0.05) is 19.6 Å². The standard InChI is InChI=1S/C12H15BrF3N3O2/c13-10-8(12(14,15)16)7-9(18-11(10)17-1-4-20)19-2-5-21-6-3-19/h7,20H,1-6H2,(H,17,18). The lowest BCUT2D eigenvalue weighted by Crippen LogP contribution is -2.37. The molecule has 5 nitrogen and oxygen atoms in total. The van der Waals surface area contributed by atoms with Crippen LogP contribution in [0.25, 0.3) is 0 Å². The van der Waals surface area contributed by atoms with Crippen LogP contribution >= 0.6 is 15.9 Å². The van der Waals surface area contributed by atoms with Crippen LogP contribution < -0.4 is 10.2 Å². The van der Waals surface area contributed by atoms with Gasteiger partial charge in [-0.15, -0.1) is 0 Å². The molecule has 0 unspecified atom stereocenters. The fraction of sp³-hybridized carbons (Fsp3) is 0.583. The number of pyridine rings is 1. The molecule has 21 heavy (non-hydrogen) atoms. The van der Waals surface area contributed by atoms with Crippen LogP contribution in [0.5, 0.6) is 0 Å². The number of aliphatic hydroxyl groups is 1. The molecule has 0 bridgehead atoms. The first-order chi connectivity index (χ1) is 9.93. The smallest absolute Gasteiger partial charge is 0.395 e. The number of halogens is 4. The fourth-order valence-electron chi connectivity index (χ4n) is 1.97. The van der Waals surface area contributed by atoms with E-state index in [1.807, 2.05) is 0 Å². The van der Waals surface area contributed by atoms with Crippen molar-refractivity contribution in [2.45, 2.75) is 6.18 Å². The molecule has 0 radical (unpaired) electrons. The summed E-state index contributed by atoms with van der Waals surface area (Å²) in [6, 6.07) is 1.03. The van der Waals surface area contributed by atoms with E-state index in [0.717, 1.165) is 6.07 Å². The van der Waals surface area contributed by atoms with Crippen molar-refractivity contribution in [2.24, 2.45) is 0 Å². The monoisotopic (exact) mass is 369 g/mol. The number of morpholine rings is 1. The van der Waals surface area contributed by atoms with E-state index in [2.05, 4.69) is 26.2 Å². The first-order valence-electron chi connectivity index (χ1n) is 6.38. The largest absolute Gasteiger partial charge is 0.417 e. The summed E-state index contributed by atoms with van der Waals surface area (Å²) >= 11 is 2.94. The highest BCUT2D eigenvalue weighted by atomic mass is 79.9. The van der Waals surface area contributed by atoms with Gasteiger partial charge in [0.2, 0.25) is 0 Å². The molecule has 0 aromatic carbocycles. The summed E-state index contributed by atoms with van der Waals surface area (Å²) in [5.74, 6) is 0.314. The molecule has 0 amide bonds. The van der Waals surface area contributed by atoms with E-state index in [-0.39, 0.29) is 29.3 Å². The lowest BCUT2D eigenvalue weighted by molar-refractivity contribution is -0.138. The molecule has 0 saturated carbocycles. The van der Waals surface area contributed by atoms with Gasteiger partial charge in [0.15, 0.2) is 0 Å². The van der Waals surface area contributed by atoms with Crippen molar-refractivity contribution in [2.75, 3.05) is 49.7 Å². The van der Waals surface area contributed by atoms with Gasteiger partial charge in [-0.1, -0.05) is 0 Å². The van der Waals surface area contributed by atoms with Crippen LogP contribution in [0.15, 0.2) is 10.5 Å². The lowest BCUT2D eigenvalue weighted by atomic mass is 10.2. The van der Waals surface area contributed by atoms with Crippen molar-refractivity contribution < 1.29 is 23.0 Å². The van der Waals surface area contributed by atoms with Crippen molar-refractivity contribution in [3.05, 3.63) is 16.1 Å². The summed E-state index contributed by atoms with van der Waals surface area (Å²) in [6.07, 6.45) is -4.49. The van der Waals surface area contributed by atoms with Gasteiger partial charge in [-0.05, 0) is 22.0 Å². The van der Waals surface area contributed by atoms with E-state index in [9.17, 15) is 13.2 Å². The van der Waals surface area contributed by atoms with Gasteiger partial charge in [0.05, 0.1) is 29.9 Å². The number of aromatic nitrogens is 1. The average Bonchev–Trinajstić information content (AvgIpc) is 2.46. The minimum absolute atomic E-state index is 0.0698. The minimum Gasteiger partial charge on any atom is -0.395 e. The van der Waals surface area contributed by atoms with E-state index >= 15 is 0 Å². The van der Waals surface area contributed by atoms with E-state index < -0.39 is 11.7 Å². The third kappa shape index (κ3) is 3.98. The summed E-state index contributed by atoms with van der Waals surface area (Å²) in [4.78, 5) is 5.95. The molecule has 2 heterocycles. The number of aliphatic hydroxyl groups excluding tert-OH is 1. The van der Waals surface area contributed by atoms with Gasteiger partial charge in [0.25, 0.3) is 0 Å². The molecule has 9 heteroatoms. The molecular formula is C12H15BrF3N3O2. The van der Waals surface area contributed by atoms with Crippen LogP contribution in [0.3, 0.4) is 0 Å². The highest BCUT2D eigenvalue weighted by Gasteiger charge is 2.35. The van der Waals surface area contributed by atoms with Crippen LogP contribution in [-0.4, -0.2) is 49.5 Å². The number of alkyl halides is 3. The third-order valence-electron chi connectivity index (χ3n) is 2.99. The summed E-state index contributed by atoms with van der Waals surface area (Å²) < 4.78 is 44.4. The summed E-state index contributed by atoms with van der Waals surface area (Å²) in [5, 5.41) is 11.5. The fourth-order valence-corrected chi connectivity index (χ4v) is 2.54. The number of nitrogens with zero attached hydrogens (tertiary/aromatic N) is 2. The van der Waals surface area contributed by atoms with Crippen molar-refractivity contribution in [1.82, 2.24) is 4.98 Å². The molecule has 1 aromatic rings. The zero-order valence-electron chi connectivity index (χ0n) is 11.1. The predicted molar refractivity (Wildman–Crippen MR) is 75.5 cm³/mol. The van der Waals surface area contributed by atoms with Gasteiger partial charge < -0.3 is 20.1 Å². The number of hydrogen-bond acceptors (Lipinski definition) is 5. The molecule has 1 aromatic heterocycles. The Morgan fingerprint density at radius 2 is 2.05 bits per heavy atom. The highest BCUT2D eigenvalue weighted by Crippen LogP contribution is 2.39. The second-order valence-corrected chi connectivity index (χ2v) is 5.23. The Hall–Kier alpha value is -1.06. The predicted octanol–water partition coefficient (Wildman–Crippen LogP) is 2.10. The maximum absolute atomic E-state index is 13.1. The quantitative estimate of drug-likeness (QED) is 0.851. The number of ether oxygens (including phenoxy) is 1. The van der Waals surface area contributed by atoms with Crippen LogP contribution in [0.4, 0.5) is 24.8 Å². The number of hydrogen-bond donors (Lipinski definition) is 2. The molecular weight excluding hydrogens is 355 g/mol. The number of nitrogens with one attached hydrogen (secondary N) is 1.